The zero-order valence-corrected chi connectivity index (χ0v) is 11.6. The van der Waals surface area contributed by atoms with Gasteiger partial charge in [-0.3, -0.25) is 15.4 Å². The molecule has 0 fully saturated rings. The molecule has 0 aliphatic heterocycles. The van der Waals surface area contributed by atoms with Gasteiger partial charge in [-0.2, -0.15) is 0 Å². The molecule has 1 heterocycles. The Morgan fingerprint density at radius 2 is 1.77 bits per heavy atom. The largest absolute Gasteiger partial charge is 0.335 e. The lowest BCUT2D eigenvalue weighted by atomic mass is 10.3. The zero-order valence-electron chi connectivity index (χ0n) is 10.8. The molecule has 0 spiro atoms. The highest BCUT2D eigenvalue weighted by Crippen LogP contribution is 2.22. The second kappa shape index (κ2) is 6.13. The quantitative estimate of drug-likeness (QED) is 0.628. The fraction of sp³-hybridized carbons (Fsp3) is 0. The van der Waals surface area contributed by atoms with Gasteiger partial charge in [0.05, 0.1) is 4.92 Å². The number of anilines is 1. The van der Waals surface area contributed by atoms with Crippen molar-refractivity contribution in [2.24, 2.45) is 0 Å². The number of nitro benzene ring substituents is 1. The van der Waals surface area contributed by atoms with Crippen LogP contribution in [0.3, 0.4) is 0 Å². The van der Waals surface area contributed by atoms with E-state index in [1.165, 1.54) is 30.6 Å². The molecule has 1 aromatic heterocycles. The summed E-state index contributed by atoms with van der Waals surface area (Å²) in [6.07, 6.45) is 2.69. The summed E-state index contributed by atoms with van der Waals surface area (Å²) >= 11 is 0. The number of hydrogen-bond donors (Lipinski definition) is 2. The van der Waals surface area contributed by atoms with Crippen molar-refractivity contribution in [1.29, 1.82) is 0 Å². The van der Waals surface area contributed by atoms with E-state index in [4.69, 9.17) is 0 Å². The van der Waals surface area contributed by atoms with E-state index in [1.54, 1.807) is 4.72 Å². The van der Waals surface area contributed by atoms with Crippen molar-refractivity contribution in [2.45, 2.75) is 4.90 Å². The van der Waals surface area contributed by atoms with Crippen LogP contribution in [0.2, 0.25) is 0 Å². The molecular weight excluding hydrogens is 314 g/mol. The minimum absolute atomic E-state index is 0.113. The predicted molar refractivity (Wildman–Crippen MR) is 74.5 cm³/mol. The Morgan fingerprint density at radius 3 is 2.41 bits per heavy atom. The summed E-state index contributed by atoms with van der Waals surface area (Å²) in [5.41, 5.74) is -0.640. The van der Waals surface area contributed by atoms with Gasteiger partial charge in [-0.25, -0.2) is 27.9 Å². The number of carbonyl (C=O) groups is 1. The van der Waals surface area contributed by atoms with Crippen molar-refractivity contribution < 1.29 is 18.1 Å². The molecule has 22 heavy (non-hydrogen) atoms. The molecule has 10 nitrogen and oxygen atoms in total. The molecule has 0 atom stereocenters. The molecule has 0 unspecified atom stereocenters. The van der Waals surface area contributed by atoms with E-state index in [9.17, 15) is 23.3 Å². The van der Waals surface area contributed by atoms with E-state index in [0.29, 0.717) is 0 Å². The molecule has 0 aliphatic rings. The Labute approximate surface area is 124 Å². The smallest absolute Gasteiger partial charge is 0.275 e. The van der Waals surface area contributed by atoms with Crippen LogP contribution in [0.5, 0.6) is 0 Å². The first-order valence-corrected chi connectivity index (χ1v) is 7.23. The average Bonchev–Trinajstić information content (AvgIpc) is 2.47. The predicted octanol–water partition coefficient (Wildman–Crippen LogP) is 0.895. The van der Waals surface area contributed by atoms with Crippen LogP contribution in [0.25, 0.3) is 0 Å². The van der Waals surface area contributed by atoms with E-state index in [1.807, 2.05) is 0 Å². The first-order valence-electron chi connectivity index (χ1n) is 5.74. The van der Waals surface area contributed by atoms with Crippen LogP contribution in [0.4, 0.5) is 16.4 Å². The van der Waals surface area contributed by atoms with Crippen molar-refractivity contribution in [3.8, 4) is 0 Å². The zero-order chi connectivity index (χ0) is 16.2. The van der Waals surface area contributed by atoms with Gasteiger partial charge in [0.25, 0.3) is 15.7 Å². The summed E-state index contributed by atoms with van der Waals surface area (Å²) in [6.45, 7) is 0. The number of nitrogens with zero attached hydrogens (tertiary/aromatic N) is 3. The molecule has 0 bridgehead atoms. The molecular formula is C11H9N5O5S. The van der Waals surface area contributed by atoms with Crippen LogP contribution < -0.4 is 10.0 Å². The summed E-state index contributed by atoms with van der Waals surface area (Å²) in [6, 6.07) is 5.03. The standard InChI is InChI=1S/C11H9N5O5S/c17-11(14-10-12-6-3-7-13-10)15-22(20,21)9-5-2-1-4-8(9)16(18)19/h1-7H,(H2,12,13,14,15,17). The fourth-order valence-corrected chi connectivity index (χ4v) is 2.58. The minimum atomic E-state index is -4.41. The summed E-state index contributed by atoms with van der Waals surface area (Å²) in [5.74, 6) is -0.113. The number of aromatic nitrogens is 2. The highest BCUT2D eigenvalue weighted by Gasteiger charge is 2.27. The lowest BCUT2D eigenvalue weighted by molar-refractivity contribution is -0.387. The van der Waals surface area contributed by atoms with Crippen LogP contribution in [-0.4, -0.2) is 29.3 Å². The molecule has 2 rings (SSSR count). The number of nitro groups is 1. The first-order chi connectivity index (χ1) is 10.4. The van der Waals surface area contributed by atoms with E-state index in [-0.39, 0.29) is 5.95 Å². The maximum Gasteiger partial charge on any atom is 0.335 e. The van der Waals surface area contributed by atoms with Crippen molar-refractivity contribution in [3.05, 3.63) is 52.8 Å². The molecule has 114 valence electrons. The van der Waals surface area contributed by atoms with Gasteiger partial charge >= 0.3 is 6.03 Å². The lowest BCUT2D eigenvalue weighted by Gasteiger charge is -2.07. The van der Waals surface area contributed by atoms with Gasteiger partial charge in [-0.1, -0.05) is 12.1 Å². The van der Waals surface area contributed by atoms with E-state index in [0.717, 1.165) is 12.1 Å². The fourth-order valence-electron chi connectivity index (χ4n) is 1.50. The molecule has 0 saturated heterocycles. The Morgan fingerprint density at radius 1 is 1.14 bits per heavy atom. The first kappa shape index (κ1) is 15.3. The van der Waals surface area contributed by atoms with Crippen LogP contribution >= 0.6 is 0 Å². The third-order valence-corrected chi connectivity index (χ3v) is 3.75. The number of para-hydroxylation sites is 1. The van der Waals surface area contributed by atoms with Crippen LogP contribution in [-0.2, 0) is 10.0 Å². The van der Waals surface area contributed by atoms with E-state index < -0.39 is 31.6 Å². The Kier molecular flexibility index (Phi) is 4.27. The van der Waals surface area contributed by atoms with Gasteiger partial charge in [-0.05, 0) is 12.1 Å². The monoisotopic (exact) mass is 323 g/mol. The SMILES string of the molecule is O=C(Nc1ncccn1)NS(=O)(=O)c1ccccc1[N+](=O)[O-]. The van der Waals surface area contributed by atoms with E-state index >= 15 is 0 Å². The van der Waals surface area contributed by atoms with Gasteiger partial charge in [-0.15, -0.1) is 0 Å². The second-order valence-corrected chi connectivity index (χ2v) is 5.51. The summed E-state index contributed by atoms with van der Waals surface area (Å²) in [7, 11) is -4.41. The highest BCUT2D eigenvalue weighted by molar-refractivity contribution is 7.90. The number of hydrogen-bond acceptors (Lipinski definition) is 7. The van der Waals surface area contributed by atoms with Gasteiger partial charge in [0, 0.05) is 18.5 Å². The van der Waals surface area contributed by atoms with Crippen LogP contribution in [0, 0.1) is 10.1 Å². The molecule has 1 aromatic carbocycles. The average molecular weight is 323 g/mol. The van der Waals surface area contributed by atoms with Gasteiger partial charge in [0.2, 0.25) is 5.95 Å². The molecule has 0 aliphatic carbocycles. The molecule has 0 radical (unpaired) electrons. The van der Waals surface area contributed by atoms with Crippen molar-refractivity contribution in [2.75, 3.05) is 5.32 Å². The van der Waals surface area contributed by atoms with Crippen molar-refractivity contribution >= 4 is 27.7 Å². The molecule has 2 amide bonds. The summed E-state index contributed by atoms with van der Waals surface area (Å²) in [4.78, 5) is 28.4. The Hall–Kier alpha value is -3.08. The van der Waals surface area contributed by atoms with Crippen molar-refractivity contribution in [1.82, 2.24) is 14.7 Å². The number of urea groups is 1. The normalized spacial score (nSPS) is 10.7. The maximum absolute atomic E-state index is 12.0. The second-order valence-electron chi connectivity index (χ2n) is 3.86. The molecule has 2 N–H and O–H groups in total. The van der Waals surface area contributed by atoms with E-state index in [2.05, 4.69) is 15.3 Å². The number of rotatable bonds is 4. The van der Waals surface area contributed by atoms with Gasteiger partial charge in [0.15, 0.2) is 4.90 Å². The van der Waals surface area contributed by atoms with Crippen LogP contribution in [0.15, 0.2) is 47.6 Å². The number of carbonyl (C=O) groups excluding carboxylic acids is 1. The minimum Gasteiger partial charge on any atom is -0.275 e. The van der Waals surface area contributed by atoms with Gasteiger partial charge in [0.1, 0.15) is 0 Å². The Bertz CT molecular complexity index is 809. The topological polar surface area (TPSA) is 144 Å². The summed E-state index contributed by atoms with van der Waals surface area (Å²) in [5, 5.41) is 12.9. The number of benzene rings is 1. The Balaban J connectivity index is 2.21. The third-order valence-electron chi connectivity index (χ3n) is 2.37. The number of amides is 2. The maximum atomic E-state index is 12.0. The molecule has 2 aromatic rings. The number of nitrogens with one attached hydrogen (secondary N) is 2. The molecule has 0 saturated carbocycles. The summed E-state index contributed by atoms with van der Waals surface area (Å²) < 4.78 is 25.7. The lowest BCUT2D eigenvalue weighted by Crippen LogP contribution is -2.35. The van der Waals surface area contributed by atoms with Crippen molar-refractivity contribution in [3.63, 3.8) is 0 Å². The van der Waals surface area contributed by atoms with Gasteiger partial charge < -0.3 is 0 Å². The third kappa shape index (κ3) is 3.52. The number of sulfonamides is 1. The highest BCUT2D eigenvalue weighted by atomic mass is 32.2. The molecule has 11 heteroatoms. The van der Waals surface area contributed by atoms with Crippen LogP contribution in [0.1, 0.15) is 0 Å².